The van der Waals surface area contributed by atoms with Gasteiger partial charge in [0.05, 0.1) is 0 Å². The van der Waals surface area contributed by atoms with E-state index >= 15 is 0 Å². The Labute approximate surface area is 180 Å². The largest absolute Gasteiger partial charge is 0.330 e. The smallest absolute Gasteiger partial charge is 0.00773 e. The van der Waals surface area contributed by atoms with Crippen LogP contribution in [0.2, 0.25) is 0 Å². The Hall–Kier alpha value is -0.0400. The van der Waals surface area contributed by atoms with Crippen LogP contribution in [0.1, 0.15) is 162 Å². The Bertz CT molecular complexity index is 263. The predicted molar refractivity (Wildman–Crippen MR) is 130 cm³/mol. The van der Waals surface area contributed by atoms with E-state index < -0.39 is 0 Å². The summed E-state index contributed by atoms with van der Waals surface area (Å²) in [6.45, 7) is 5.49. The van der Waals surface area contributed by atoms with E-state index in [0.717, 1.165) is 12.5 Å². The maximum absolute atomic E-state index is 5.71. The lowest BCUT2D eigenvalue weighted by Crippen LogP contribution is -2.04. The average molecular weight is 396 g/mol. The summed E-state index contributed by atoms with van der Waals surface area (Å²) in [6.07, 6.45) is 33.1. The average Bonchev–Trinajstić information content (AvgIpc) is 2.71. The van der Waals surface area contributed by atoms with E-state index in [1.807, 2.05) is 0 Å². The van der Waals surface area contributed by atoms with Crippen LogP contribution < -0.4 is 5.73 Å². The lowest BCUT2D eigenvalue weighted by Gasteiger charge is -2.17. The van der Waals surface area contributed by atoms with Crippen LogP contribution in [-0.2, 0) is 0 Å². The van der Waals surface area contributed by atoms with Crippen molar-refractivity contribution in [3.05, 3.63) is 0 Å². The highest BCUT2D eigenvalue weighted by atomic mass is 14.5. The molecule has 1 heteroatoms. The van der Waals surface area contributed by atoms with E-state index in [9.17, 15) is 0 Å². The van der Waals surface area contributed by atoms with Crippen LogP contribution in [0.25, 0.3) is 0 Å². The van der Waals surface area contributed by atoms with Crippen molar-refractivity contribution in [3.63, 3.8) is 0 Å². The fourth-order valence-corrected chi connectivity index (χ4v) is 4.50. The van der Waals surface area contributed by atoms with Crippen molar-refractivity contribution in [1.29, 1.82) is 0 Å². The molecule has 0 aromatic carbocycles. The van der Waals surface area contributed by atoms with Crippen LogP contribution in [0.5, 0.6) is 0 Å². The molecule has 0 aliphatic carbocycles. The van der Waals surface area contributed by atoms with Crippen LogP contribution in [0, 0.1) is 5.92 Å². The monoisotopic (exact) mass is 395 g/mol. The first kappa shape index (κ1) is 28.0. The molecule has 1 unspecified atom stereocenters. The van der Waals surface area contributed by atoms with Gasteiger partial charge in [0.1, 0.15) is 0 Å². The van der Waals surface area contributed by atoms with Gasteiger partial charge < -0.3 is 5.73 Å². The Morgan fingerprint density at radius 3 is 1.00 bits per heavy atom. The molecular formula is C27H57N. The second kappa shape index (κ2) is 25.0. The third-order valence-corrected chi connectivity index (χ3v) is 6.50. The normalized spacial score (nSPS) is 12.5. The number of nitrogens with two attached hydrogens (primary N) is 1. The van der Waals surface area contributed by atoms with E-state index in [1.54, 1.807) is 0 Å². The summed E-state index contributed by atoms with van der Waals surface area (Å²) in [4.78, 5) is 0. The van der Waals surface area contributed by atoms with E-state index in [-0.39, 0.29) is 0 Å². The molecule has 0 bridgehead atoms. The van der Waals surface area contributed by atoms with Crippen LogP contribution in [0.4, 0.5) is 0 Å². The molecule has 170 valence electrons. The van der Waals surface area contributed by atoms with Crippen molar-refractivity contribution in [1.82, 2.24) is 0 Å². The van der Waals surface area contributed by atoms with Crippen LogP contribution in [0.3, 0.4) is 0 Å². The van der Waals surface area contributed by atoms with Gasteiger partial charge in [-0.1, -0.05) is 155 Å². The zero-order chi connectivity index (χ0) is 20.5. The quantitative estimate of drug-likeness (QED) is 0.162. The molecule has 0 heterocycles. The van der Waals surface area contributed by atoms with Gasteiger partial charge in [0.25, 0.3) is 0 Å². The molecule has 0 spiro atoms. The summed E-state index contributed by atoms with van der Waals surface area (Å²) < 4.78 is 0. The van der Waals surface area contributed by atoms with Crippen molar-refractivity contribution < 1.29 is 0 Å². The van der Waals surface area contributed by atoms with Gasteiger partial charge in [-0.2, -0.15) is 0 Å². The molecular weight excluding hydrogens is 338 g/mol. The number of hydrogen-bond acceptors (Lipinski definition) is 1. The highest BCUT2D eigenvalue weighted by Crippen LogP contribution is 2.24. The molecule has 28 heavy (non-hydrogen) atoms. The Balaban J connectivity index is 3.61. The molecule has 2 N–H and O–H groups in total. The second-order valence-corrected chi connectivity index (χ2v) is 9.38. The van der Waals surface area contributed by atoms with Crippen molar-refractivity contribution in [3.8, 4) is 0 Å². The minimum Gasteiger partial charge on any atom is -0.330 e. The zero-order valence-corrected chi connectivity index (χ0v) is 20.1. The lowest BCUT2D eigenvalue weighted by atomic mass is 9.90. The van der Waals surface area contributed by atoms with Crippen molar-refractivity contribution >= 4 is 0 Å². The third kappa shape index (κ3) is 22.3. The molecule has 0 aliphatic heterocycles. The zero-order valence-electron chi connectivity index (χ0n) is 20.1. The molecule has 0 rings (SSSR count). The number of unbranched alkanes of at least 4 members (excludes halogenated alkanes) is 17. The molecule has 0 aromatic rings. The van der Waals surface area contributed by atoms with Gasteiger partial charge >= 0.3 is 0 Å². The lowest BCUT2D eigenvalue weighted by molar-refractivity contribution is 0.369. The molecule has 0 fully saturated rings. The predicted octanol–water partition coefficient (Wildman–Crippen LogP) is 9.57. The SMILES string of the molecule is CCCCCCCCCCCCC(CCCCN)CCCCCCCCCC. The molecule has 1 nitrogen and oxygen atoms in total. The van der Waals surface area contributed by atoms with Crippen LogP contribution in [0.15, 0.2) is 0 Å². The van der Waals surface area contributed by atoms with Gasteiger partial charge in [0.15, 0.2) is 0 Å². The highest BCUT2D eigenvalue weighted by Gasteiger charge is 2.08. The molecule has 0 amide bonds. The maximum Gasteiger partial charge on any atom is -0.00773 e. The summed E-state index contributed by atoms with van der Waals surface area (Å²) in [5.74, 6) is 0.987. The van der Waals surface area contributed by atoms with Gasteiger partial charge in [-0.15, -0.1) is 0 Å². The Morgan fingerprint density at radius 2 is 0.679 bits per heavy atom. The van der Waals surface area contributed by atoms with Gasteiger partial charge in [0.2, 0.25) is 0 Å². The van der Waals surface area contributed by atoms with E-state index in [4.69, 9.17) is 5.73 Å². The third-order valence-electron chi connectivity index (χ3n) is 6.50. The maximum atomic E-state index is 5.71. The first-order chi connectivity index (χ1) is 13.8. The summed E-state index contributed by atoms with van der Waals surface area (Å²) in [6, 6.07) is 0. The molecule has 0 radical (unpaired) electrons. The van der Waals surface area contributed by atoms with E-state index in [1.165, 1.54) is 148 Å². The van der Waals surface area contributed by atoms with E-state index in [2.05, 4.69) is 13.8 Å². The minimum absolute atomic E-state index is 0.878. The second-order valence-electron chi connectivity index (χ2n) is 9.38. The molecule has 0 aromatic heterocycles. The van der Waals surface area contributed by atoms with Gasteiger partial charge in [-0.05, 0) is 18.9 Å². The minimum atomic E-state index is 0.878. The fourth-order valence-electron chi connectivity index (χ4n) is 4.50. The molecule has 0 aliphatic rings. The number of hydrogen-bond donors (Lipinski definition) is 1. The summed E-state index contributed by atoms with van der Waals surface area (Å²) in [5.41, 5.74) is 5.71. The topological polar surface area (TPSA) is 26.0 Å². The Kier molecular flexibility index (Phi) is 25.0. The van der Waals surface area contributed by atoms with Crippen molar-refractivity contribution in [2.24, 2.45) is 11.7 Å². The van der Waals surface area contributed by atoms with Crippen molar-refractivity contribution in [2.75, 3.05) is 6.54 Å². The summed E-state index contributed by atoms with van der Waals surface area (Å²) in [5, 5.41) is 0. The first-order valence-electron chi connectivity index (χ1n) is 13.5. The van der Waals surface area contributed by atoms with Crippen LogP contribution >= 0.6 is 0 Å². The first-order valence-corrected chi connectivity index (χ1v) is 13.5. The summed E-state index contributed by atoms with van der Waals surface area (Å²) >= 11 is 0. The molecule has 1 atom stereocenters. The Morgan fingerprint density at radius 1 is 0.393 bits per heavy atom. The molecule has 0 saturated carbocycles. The number of rotatable bonds is 24. The fraction of sp³-hybridized carbons (Fsp3) is 1.00. The summed E-state index contributed by atoms with van der Waals surface area (Å²) in [7, 11) is 0. The highest BCUT2D eigenvalue weighted by molar-refractivity contribution is 4.62. The van der Waals surface area contributed by atoms with Gasteiger partial charge in [-0.3, -0.25) is 0 Å². The molecule has 0 saturated heterocycles. The van der Waals surface area contributed by atoms with Gasteiger partial charge in [0, 0.05) is 0 Å². The van der Waals surface area contributed by atoms with Gasteiger partial charge in [-0.25, -0.2) is 0 Å². The van der Waals surface area contributed by atoms with Crippen LogP contribution in [-0.4, -0.2) is 6.54 Å². The van der Waals surface area contributed by atoms with Crippen molar-refractivity contribution in [2.45, 2.75) is 162 Å². The standard InChI is InChI=1S/C27H57N/c1-3-5-7-9-11-13-14-16-18-20-24-27(25-21-22-26-28)23-19-17-15-12-10-8-6-4-2/h27H,3-26,28H2,1-2H3. The van der Waals surface area contributed by atoms with E-state index in [0.29, 0.717) is 0 Å².